The summed E-state index contributed by atoms with van der Waals surface area (Å²) in [6, 6.07) is 19.0. The van der Waals surface area contributed by atoms with Crippen LogP contribution in [0.3, 0.4) is 0 Å². The highest BCUT2D eigenvalue weighted by Gasteiger charge is 2.10. The Morgan fingerprint density at radius 1 is 0.906 bits per heavy atom. The first kappa shape index (κ1) is 22.8. The number of carbonyl (C=O) groups is 2. The molecule has 0 saturated carbocycles. The Morgan fingerprint density at radius 2 is 1.59 bits per heavy atom. The molecule has 8 nitrogen and oxygen atoms in total. The van der Waals surface area contributed by atoms with Gasteiger partial charge in [0.05, 0.1) is 17.6 Å². The Labute approximate surface area is 190 Å². The highest BCUT2D eigenvalue weighted by molar-refractivity contribution is 8.00. The molecule has 9 heteroatoms. The van der Waals surface area contributed by atoms with Crippen LogP contribution < -0.4 is 25.0 Å². The van der Waals surface area contributed by atoms with E-state index in [1.54, 1.807) is 24.3 Å². The minimum absolute atomic E-state index is 0.167. The first-order chi connectivity index (χ1) is 15.4. The number of anilines is 4. The number of hydrogen-bond acceptors (Lipinski definition) is 6. The van der Waals surface area contributed by atoms with E-state index in [1.807, 2.05) is 49.3 Å². The van der Waals surface area contributed by atoms with Gasteiger partial charge in [0.25, 0.3) is 0 Å². The fourth-order valence-electron chi connectivity index (χ4n) is 2.80. The average molecular weight is 453 g/mol. The van der Waals surface area contributed by atoms with Gasteiger partial charge in [-0.05, 0) is 72.6 Å². The Bertz CT molecular complexity index is 1100. The average Bonchev–Trinajstić information content (AvgIpc) is 2.78. The largest absolute Gasteiger partial charge is 0.496 e. The molecule has 0 aromatic heterocycles. The van der Waals surface area contributed by atoms with Crippen molar-refractivity contribution in [3.63, 3.8) is 0 Å². The Balaban J connectivity index is 1.62. The second-order valence-corrected chi connectivity index (χ2v) is 7.82. The molecular weight excluding hydrogens is 428 g/mol. The molecule has 0 radical (unpaired) electrons. The zero-order chi connectivity index (χ0) is 23.1. The predicted molar refractivity (Wildman–Crippen MR) is 129 cm³/mol. The molecule has 2 amide bonds. The maximum absolute atomic E-state index is 12.3. The maximum atomic E-state index is 12.3. The molecule has 0 fully saturated rings. The molecule has 0 heterocycles. The number of rotatable bonds is 8. The van der Waals surface area contributed by atoms with Gasteiger partial charge in [0.2, 0.25) is 0 Å². The van der Waals surface area contributed by atoms with E-state index in [-0.39, 0.29) is 11.6 Å². The first-order valence-electron chi connectivity index (χ1n) is 9.65. The number of methoxy groups -OCH3 is 1. The number of carboxylic acids is 1. The number of nitrogens with zero attached hydrogens (tertiary/aromatic N) is 1. The summed E-state index contributed by atoms with van der Waals surface area (Å²) in [5.41, 5.74) is 3.22. The number of carbonyl (C=O) groups excluding carboxylic acids is 1. The molecule has 0 bridgehead atoms. The maximum Gasteiger partial charge on any atom is 0.335 e. The van der Waals surface area contributed by atoms with Gasteiger partial charge < -0.3 is 30.1 Å². The van der Waals surface area contributed by atoms with Crippen LogP contribution in [0.15, 0.2) is 71.6 Å². The lowest BCUT2D eigenvalue weighted by atomic mass is 10.2. The van der Waals surface area contributed by atoms with E-state index < -0.39 is 5.97 Å². The standard InChI is InChI=1S/C23H24N4O4S/c1-27(2)19-10-8-16(9-11-19)24-23(30)25-17-5-4-6-18(14-17)26-32-21-13-15(22(28)29)7-12-20(21)31-3/h4-14,26H,1-3H3,(H,28,29)(H2,24,25,30). The molecule has 0 aliphatic carbocycles. The van der Waals surface area contributed by atoms with Crippen molar-refractivity contribution < 1.29 is 19.4 Å². The van der Waals surface area contributed by atoms with Crippen LogP contribution in [0.25, 0.3) is 0 Å². The number of carboxylic acid groups (broad SMARTS) is 1. The zero-order valence-electron chi connectivity index (χ0n) is 17.9. The van der Waals surface area contributed by atoms with Crippen LogP contribution in [0, 0.1) is 0 Å². The van der Waals surface area contributed by atoms with Crippen molar-refractivity contribution in [1.82, 2.24) is 0 Å². The van der Waals surface area contributed by atoms with E-state index in [4.69, 9.17) is 4.74 Å². The van der Waals surface area contributed by atoms with Crippen LogP contribution >= 0.6 is 11.9 Å². The Kier molecular flexibility index (Phi) is 7.45. The predicted octanol–water partition coefficient (Wildman–Crippen LogP) is 5.22. The lowest BCUT2D eigenvalue weighted by Gasteiger charge is -2.14. The Morgan fingerprint density at radius 3 is 2.25 bits per heavy atom. The second-order valence-electron chi connectivity index (χ2n) is 6.98. The van der Waals surface area contributed by atoms with Crippen LogP contribution in [-0.2, 0) is 0 Å². The van der Waals surface area contributed by atoms with Gasteiger partial charge >= 0.3 is 12.0 Å². The number of ether oxygens (including phenoxy) is 1. The number of nitrogens with one attached hydrogen (secondary N) is 3. The van der Waals surface area contributed by atoms with Gasteiger partial charge in [-0.2, -0.15) is 0 Å². The van der Waals surface area contributed by atoms with E-state index in [0.29, 0.717) is 22.0 Å². The normalized spacial score (nSPS) is 10.2. The van der Waals surface area contributed by atoms with Crippen molar-refractivity contribution in [2.75, 3.05) is 41.5 Å². The zero-order valence-corrected chi connectivity index (χ0v) is 18.7. The minimum atomic E-state index is -1.01. The number of aromatic carboxylic acids is 1. The molecule has 0 atom stereocenters. The number of hydrogen-bond donors (Lipinski definition) is 4. The van der Waals surface area contributed by atoms with E-state index in [0.717, 1.165) is 11.4 Å². The summed E-state index contributed by atoms with van der Waals surface area (Å²) in [6.45, 7) is 0. The highest BCUT2D eigenvalue weighted by atomic mass is 32.2. The van der Waals surface area contributed by atoms with Crippen molar-refractivity contribution >= 4 is 46.7 Å². The molecule has 3 aromatic rings. The molecule has 3 rings (SSSR count). The van der Waals surface area contributed by atoms with Gasteiger partial charge in [-0.1, -0.05) is 6.07 Å². The summed E-state index contributed by atoms with van der Waals surface area (Å²) in [6.07, 6.45) is 0. The van der Waals surface area contributed by atoms with Crippen LogP contribution in [0.4, 0.5) is 27.5 Å². The summed E-state index contributed by atoms with van der Waals surface area (Å²) < 4.78 is 8.45. The van der Waals surface area contributed by atoms with E-state index in [9.17, 15) is 14.7 Å². The van der Waals surface area contributed by atoms with Gasteiger partial charge in [-0.25, -0.2) is 9.59 Å². The summed E-state index contributed by atoms with van der Waals surface area (Å²) in [5, 5.41) is 14.8. The number of amides is 2. The minimum Gasteiger partial charge on any atom is -0.496 e. The van der Waals surface area contributed by atoms with Gasteiger partial charge in [0.1, 0.15) is 5.75 Å². The summed E-state index contributed by atoms with van der Waals surface area (Å²) >= 11 is 1.22. The third-order valence-corrected chi connectivity index (χ3v) is 5.33. The lowest BCUT2D eigenvalue weighted by molar-refractivity contribution is 0.0696. The monoisotopic (exact) mass is 452 g/mol. The fourth-order valence-corrected chi connectivity index (χ4v) is 3.59. The van der Waals surface area contributed by atoms with Crippen LogP contribution in [-0.4, -0.2) is 38.3 Å². The fraction of sp³-hybridized carbons (Fsp3) is 0.130. The first-order valence-corrected chi connectivity index (χ1v) is 10.5. The van der Waals surface area contributed by atoms with Crippen LogP contribution in [0.2, 0.25) is 0 Å². The van der Waals surface area contributed by atoms with Crippen molar-refractivity contribution in [1.29, 1.82) is 0 Å². The van der Waals surface area contributed by atoms with E-state index >= 15 is 0 Å². The SMILES string of the molecule is COc1ccc(C(=O)O)cc1SNc1cccc(NC(=O)Nc2ccc(N(C)C)cc2)c1. The van der Waals surface area contributed by atoms with Crippen LogP contribution in [0.5, 0.6) is 5.75 Å². The molecule has 0 spiro atoms. The smallest absolute Gasteiger partial charge is 0.335 e. The molecule has 32 heavy (non-hydrogen) atoms. The van der Waals surface area contributed by atoms with Gasteiger partial charge in [0, 0.05) is 36.8 Å². The molecular formula is C23H24N4O4S. The molecule has 0 aliphatic heterocycles. The second kappa shape index (κ2) is 10.5. The summed E-state index contributed by atoms with van der Waals surface area (Å²) in [4.78, 5) is 26.2. The third-order valence-electron chi connectivity index (χ3n) is 4.45. The van der Waals surface area contributed by atoms with Gasteiger partial charge in [0.15, 0.2) is 0 Å². The summed E-state index contributed by atoms with van der Waals surface area (Å²) in [7, 11) is 5.43. The highest BCUT2D eigenvalue weighted by Crippen LogP contribution is 2.31. The van der Waals surface area contributed by atoms with Crippen molar-refractivity contribution in [2.24, 2.45) is 0 Å². The van der Waals surface area contributed by atoms with Crippen LogP contribution in [0.1, 0.15) is 10.4 Å². The van der Waals surface area contributed by atoms with E-state index in [2.05, 4.69) is 15.4 Å². The third kappa shape index (κ3) is 6.08. The molecule has 0 saturated heterocycles. The Hall–Kier alpha value is -3.85. The number of urea groups is 1. The molecule has 0 aliphatic rings. The molecule has 0 unspecified atom stereocenters. The lowest BCUT2D eigenvalue weighted by Crippen LogP contribution is -2.19. The topological polar surface area (TPSA) is 103 Å². The number of benzene rings is 3. The van der Waals surface area contributed by atoms with Crippen molar-refractivity contribution in [3.8, 4) is 5.75 Å². The van der Waals surface area contributed by atoms with Gasteiger partial charge in [-0.3, -0.25) is 0 Å². The quantitative estimate of drug-likeness (QED) is 0.347. The van der Waals surface area contributed by atoms with E-state index in [1.165, 1.54) is 31.2 Å². The summed E-state index contributed by atoms with van der Waals surface area (Å²) in [5.74, 6) is -0.454. The van der Waals surface area contributed by atoms with Crippen molar-refractivity contribution in [2.45, 2.75) is 4.90 Å². The van der Waals surface area contributed by atoms with Gasteiger partial charge in [-0.15, -0.1) is 0 Å². The molecule has 3 aromatic carbocycles. The molecule has 4 N–H and O–H groups in total. The van der Waals surface area contributed by atoms with Crippen molar-refractivity contribution in [3.05, 3.63) is 72.3 Å². The molecule has 166 valence electrons.